The van der Waals surface area contributed by atoms with Crippen molar-refractivity contribution in [1.82, 2.24) is 0 Å². The molecular weight excluding hydrogens is 941 g/mol. The second-order valence-electron chi connectivity index (χ2n) is 24.3. The second-order valence-corrected chi connectivity index (χ2v) is 31.4. The summed E-state index contributed by atoms with van der Waals surface area (Å²) in [6.45, 7) is 32.5. The normalized spacial score (nSPS) is 16.6. The van der Waals surface area contributed by atoms with Crippen molar-refractivity contribution in [1.29, 1.82) is 0 Å². The molecule has 0 saturated carbocycles. The van der Waals surface area contributed by atoms with Gasteiger partial charge in [0, 0.05) is 15.1 Å². The maximum atomic E-state index is 7.47. The minimum Gasteiger partial charge on any atom is -0.482 e. The van der Waals surface area contributed by atoms with Crippen LogP contribution >= 0.6 is 23.5 Å². The van der Waals surface area contributed by atoms with Gasteiger partial charge in [0.2, 0.25) is 0 Å². The minimum atomic E-state index is -3.18. The zero-order valence-corrected chi connectivity index (χ0v) is 48.1. The standard InChI is InChI=1S/C68H72O2S2Si/c1-63(2,3)53-41-39-47(43-51(53)49-31-26-38-60-61(49)70-66(9,10)56-34-22-23-35-57(56)67(11,12)71-60)73(45-27-17-15-18-28-45,46-29-19-16-20-30-46)48-40-42-54(64(4,5)6)52(44-48)50-32-25-37-59-62(50)72-68(13,14)58-36-24-21-33-55(58)65(7,8)69-59/h15-44H,1-14H3. The van der Waals surface area contributed by atoms with Gasteiger partial charge in [0.1, 0.15) is 22.7 Å². The van der Waals surface area contributed by atoms with E-state index in [2.05, 4.69) is 279 Å². The molecule has 73 heavy (non-hydrogen) atoms. The van der Waals surface area contributed by atoms with Crippen LogP contribution in [0, 0.1) is 0 Å². The highest BCUT2D eigenvalue weighted by molar-refractivity contribution is 8.00. The highest BCUT2D eigenvalue weighted by Crippen LogP contribution is 2.56. The molecule has 0 radical (unpaired) electrons. The Morgan fingerprint density at radius 2 is 0.795 bits per heavy atom. The molecule has 0 spiro atoms. The van der Waals surface area contributed by atoms with Crippen LogP contribution < -0.4 is 30.2 Å². The third-order valence-corrected chi connectivity index (χ3v) is 22.7. The first-order valence-corrected chi connectivity index (χ1v) is 29.7. The number of para-hydroxylation sites is 1. The predicted molar refractivity (Wildman–Crippen MR) is 316 cm³/mol. The largest absolute Gasteiger partial charge is 0.482 e. The number of hydrogen-bond donors (Lipinski definition) is 0. The van der Waals surface area contributed by atoms with Crippen LogP contribution in [0.1, 0.15) is 130 Å². The van der Waals surface area contributed by atoms with Gasteiger partial charge in [-0.25, -0.2) is 0 Å². The Labute approximate surface area is 446 Å². The molecule has 0 aromatic heterocycles. The molecule has 0 N–H and O–H groups in total. The molecule has 0 bridgehead atoms. The fourth-order valence-corrected chi connectivity index (χ4v) is 19.2. The lowest BCUT2D eigenvalue weighted by atomic mass is 9.81. The molecule has 0 fully saturated rings. The molecule has 5 heteroatoms. The minimum absolute atomic E-state index is 0.165. The second kappa shape index (κ2) is 18.3. The average molecular weight is 1010 g/mol. The van der Waals surface area contributed by atoms with Crippen molar-refractivity contribution in [3.63, 3.8) is 0 Å². The van der Waals surface area contributed by atoms with E-state index in [1.165, 1.54) is 75.7 Å². The van der Waals surface area contributed by atoms with Crippen LogP contribution in [0.15, 0.2) is 192 Å². The Morgan fingerprint density at radius 3 is 1.30 bits per heavy atom. The van der Waals surface area contributed by atoms with E-state index in [-0.39, 0.29) is 20.3 Å². The SMILES string of the molecule is CC(C)(C)c1ccc([Si](c2ccccc2)(c2ccccc2)c2ccc(C(C)(C)C)c(-c3cccc4c3SC(C)(C)c3ccccc3C(C)(C)O4)c2)cc1-c1cccc2c1OC(C)(C)c1ccccc1C(C)(C)S2. The smallest absolute Gasteiger partial charge is 0.179 e. The molecule has 0 unspecified atom stereocenters. The van der Waals surface area contributed by atoms with Gasteiger partial charge in [-0.3, -0.25) is 0 Å². The molecule has 10 rings (SSSR count). The van der Waals surface area contributed by atoms with Crippen LogP contribution in [0.5, 0.6) is 11.5 Å². The zero-order valence-electron chi connectivity index (χ0n) is 45.5. The van der Waals surface area contributed by atoms with Gasteiger partial charge in [-0.15, -0.1) is 23.5 Å². The number of rotatable bonds is 6. The zero-order chi connectivity index (χ0) is 51.9. The van der Waals surface area contributed by atoms with Crippen LogP contribution in [0.2, 0.25) is 0 Å². The van der Waals surface area contributed by atoms with Gasteiger partial charge in [-0.1, -0.05) is 211 Å². The topological polar surface area (TPSA) is 18.5 Å². The van der Waals surface area contributed by atoms with Crippen LogP contribution in [-0.4, -0.2) is 8.07 Å². The summed E-state index contributed by atoms with van der Waals surface area (Å²) < 4.78 is 14.2. The van der Waals surface area contributed by atoms with Crippen molar-refractivity contribution >= 4 is 52.3 Å². The molecule has 372 valence electrons. The molecule has 0 atom stereocenters. The van der Waals surface area contributed by atoms with Gasteiger partial charge < -0.3 is 9.47 Å². The highest BCUT2D eigenvalue weighted by Gasteiger charge is 2.45. The number of fused-ring (bicyclic) bond motifs is 4. The Hall–Kier alpha value is -5.72. The van der Waals surface area contributed by atoms with E-state index in [1.807, 2.05) is 23.5 Å². The fourth-order valence-electron chi connectivity index (χ4n) is 11.9. The van der Waals surface area contributed by atoms with E-state index >= 15 is 0 Å². The summed E-state index contributed by atoms with van der Waals surface area (Å²) in [6, 6.07) is 69.0. The van der Waals surface area contributed by atoms with E-state index in [4.69, 9.17) is 9.47 Å². The first-order valence-electron chi connectivity index (χ1n) is 26.1. The molecule has 2 aliphatic heterocycles. The summed E-state index contributed by atoms with van der Waals surface area (Å²) >= 11 is 3.82. The van der Waals surface area contributed by atoms with Crippen LogP contribution in [0.25, 0.3) is 22.3 Å². The quantitative estimate of drug-likeness (QED) is 0.122. The lowest BCUT2D eigenvalue weighted by Gasteiger charge is -2.40. The van der Waals surface area contributed by atoms with Crippen molar-refractivity contribution in [3.05, 3.63) is 215 Å². The molecule has 2 heterocycles. The Kier molecular flexibility index (Phi) is 12.7. The molecule has 2 nitrogen and oxygen atoms in total. The van der Waals surface area contributed by atoms with E-state index < -0.39 is 19.3 Å². The molecular formula is C68H72O2S2Si. The summed E-state index contributed by atoms with van der Waals surface area (Å²) in [5.41, 5.74) is 11.0. The molecule has 8 aromatic carbocycles. The van der Waals surface area contributed by atoms with E-state index in [1.54, 1.807) is 0 Å². The summed E-state index contributed by atoms with van der Waals surface area (Å²) in [5, 5.41) is 5.32. The maximum absolute atomic E-state index is 7.47. The molecule has 8 aromatic rings. The third-order valence-electron chi connectivity index (χ3n) is 15.4. The Bertz CT molecular complexity index is 3140. The number of benzene rings is 8. The third kappa shape index (κ3) is 9.02. The molecule has 0 saturated heterocycles. The summed E-state index contributed by atoms with van der Waals surface area (Å²) in [7, 11) is -3.18. The number of thioether (sulfide) groups is 2. The van der Waals surface area contributed by atoms with Gasteiger partial charge in [0.05, 0.1) is 9.79 Å². The van der Waals surface area contributed by atoms with Gasteiger partial charge in [-0.2, -0.15) is 0 Å². The first-order chi connectivity index (χ1) is 34.4. The van der Waals surface area contributed by atoms with Gasteiger partial charge in [-0.05, 0) is 149 Å². The van der Waals surface area contributed by atoms with Crippen LogP contribution in [0.4, 0.5) is 0 Å². The van der Waals surface area contributed by atoms with E-state index in [0.717, 1.165) is 22.0 Å². The van der Waals surface area contributed by atoms with Gasteiger partial charge in [0.25, 0.3) is 0 Å². The Morgan fingerprint density at radius 1 is 0.370 bits per heavy atom. The molecule has 2 aliphatic rings. The average Bonchev–Trinajstić information content (AvgIpc) is 3.34. The Balaban J connectivity index is 1.27. The van der Waals surface area contributed by atoms with Crippen molar-refractivity contribution < 1.29 is 9.47 Å². The van der Waals surface area contributed by atoms with Crippen molar-refractivity contribution in [2.75, 3.05) is 0 Å². The highest BCUT2D eigenvalue weighted by atomic mass is 32.2. The molecule has 0 amide bonds. The van der Waals surface area contributed by atoms with Crippen molar-refractivity contribution in [3.8, 4) is 33.8 Å². The first kappa shape index (κ1) is 50.8. The fraction of sp³-hybridized carbons (Fsp3) is 0.294. The van der Waals surface area contributed by atoms with E-state index in [9.17, 15) is 0 Å². The predicted octanol–water partition coefficient (Wildman–Crippen LogP) is 16.3. The van der Waals surface area contributed by atoms with Crippen molar-refractivity contribution in [2.45, 2.75) is 138 Å². The van der Waals surface area contributed by atoms with Crippen LogP contribution in [0.3, 0.4) is 0 Å². The molecule has 0 aliphatic carbocycles. The summed E-state index contributed by atoms with van der Waals surface area (Å²) in [4.78, 5) is 2.33. The van der Waals surface area contributed by atoms with Crippen molar-refractivity contribution in [2.24, 2.45) is 0 Å². The van der Waals surface area contributed by atoms with Gasteiger partial charge >= 0.3 is 0 Å². The lowest BCUT2D eigenvalue weighted by molar-refractivity contribution is 0.102. The van der Waals surface area contributed by atoms with E-state index in [0.29, 0.717) is 0 Å². The summed E-state index contributed by atoms with van der Waals surface area (Å²) in [5.74, 6) is 1.87. The monoisotopic (exact) mass is 1010 g/mol. The number of hydrogen-bond acceptors (Lipinski definition) is 4. The number of ether oxygens (including phenoxy) is 2. The van der Waals surface area contributed by atoms with Crippen LogP contribution in [-0.2, 0) is 31.5 Å². The van der Waals surface area contributed by atoms with Gasteiger partial charge in [0.15, 0.2) is 8.07 Å². The lowest BCUT2D eigenvalue weighted by Crippen LogP contribution is -2.74. The summed E-state index contributed by atoms with van der Waals surface area (Å²) in [6.07, 6.45) is 0. The maximum Gasteiger partial charge on any atom is 0.179 e.